The third-order valence-electron chi connectivity index (χ3n) is 4.56. The first-order valence-electron chi connectivity index (χ1n) is 8.20. The summed E-state index contributed by atoms with van der Waals surface area (Å²) in [5.41, 5.74) is 0. The maximum absolute atomic E-state index is 4.23. The maximum atomic E-state index is 4.23. The minimum Gasteiger partial charge on any atom is -0.335 e. The number of nitrogens with zero attached hydrogens (tertiary/aromatic N) is 6. The lowest BCUT2D eigenvalue weighted by atomic mass is 9.98. The van der Waals surface area contributed by atoms with Crippen LogP contribution in [0.3, 0.4) is 0 Å². The average molecular weight is 312 g/mol. The highest BCUT2D eigenvalue weighted by molar-refractivity contribution is 4.88. The van der Waals surface area contributed by atoms with Gasteiger partial charge in [0.15, 0.2) is 0 Å². The predicted molar refractivity (Wildman–Crippen MR) is 89.0 cm³/mol. The van der Waals surface area contributed by atoms with E-state index < -0.39 is 0 Å². The van der Waals surface area contributed by atoms with Crippen molar-refractivity contribution in [2.75, 3.05) is 0 Å². The molecule has 3 aromatic heterocycles. The van der Waals surface area contributed by atoms with Crippen molar-refractivity contribution in [1.29, 1.82) is 0 Å². The van der Waals surface area contributed by atoms with E-state index in [-0.39, 0.29) is 0 Å². The zero-order valence-corrected chi connectivity index (χ0v) is 13.7. The average Bonchev–Trinajstić information content (AvgIpc) is 3.34. The summed E-state index contributed by atoms with van der Waals surface area (Å²) in [6.07, 6.45) is 20.6. The lowest BCUT2D eigenvalue weighted by Gasteiger charge is -2.27. The van der Waals surface area contributed by atoms with Crippen LogP contribution in [0.1, 0.15) is 51.2 Å². The molecule has 3 atom stereocenters. The lowest BCUT2D eigenvalue weighted by molar-refractivity contribution is 0.302. The van der Waals surface area contributed by atoms with E-state index in [1.54, 1.807) is 0 Å². The van der Waals surface area contributed by atoms with Gasteiger partial charge >= 0.3 is 0 Å². The SMILES string of the molecule is CCC(CC(CC(C)n1ccnc1)n1ccnc1)n1ccnc1. The number of imidazole rings is 3. The molecule has 6 heteroatoms. The van der Waals surface area contributed by atoms with Gasteiger partial charge in [-0.2, -0.15) is 0 Å². The second kappa shape index (κ2) is 7.26. The van der Waals surface area contributed by atoms with Gasteiger partial charge in [-0.05, 0) is 26.2 Å². The van der Waals surface area contributed by atoms with E-state index in [0.29, 0.717) is 18.1 Å². The van der Waals surface area contributed by atoms with Crippen LogP contribution in [0.4, 0.5) is 0 Å². The van der Waals surface area contributed by atoms with E-state index >= 15 is 0 Å². The zero-order valence-electron chi connectivity index (χ0n) is 13.7. The Balaban J connectivity index is 1.76. The van der Waals surface area contributed by atoms with E-state index in [4.69, 9.17) is 0 Å². The van der Waals surface area contributed by atoms with Crippen LogP contribution in [0.2, 0.25) is 0 Å². The summed E-state index contributed by atoms with van der Waals surface area (Å²) in [4.78, 5) is 12.6. The molecule has 23 heavy (non-hydrogen) atoms. The van der Waals surface area contributed by atoms with Crippen LogP contribution in [-0.2, 0) is 0 Å². The van der Waals surface area contributed by atoms with Gasteiger partial charge in [-0.1, -0.05) is 6.92 Å². The molecule has 0 saturated heterocycles. The van der Waals surface area contributed by atoms with Crippen LogP contribution in [0.5, 0.6) is 0 Å². The molecular weight excluding hydrogens is 288 g/mol. The van der Waals surface area contributed by atoms with Crippen molar-refractivity contribution >= 4 is 0 Å². The molecule has 0 aromatic carbocycles. The summed E-state index contributed by atoms with van der Waals surface area (Å²) in [6, 6.07) is 1.23. The number of aromatic nitrogens is 6. The van der Waals surface area contributed by atoms with Gasteiger partial charge in [-0.25, -0.2) is 15.0 Å². The van der Waals surface area contributed by atoms with Crippen LogP contribution < -0.4 is 0 Å². The van der Waals surface area contributed by atoms with Crippen molar-refractivity contribution in [3.05, 3.63) is 56.2 Å². The summed E-state index contributed by atoms with van der Waals surface area (Å²) < 4.78 is 6.61. The number of rotatable bonds is 8. The second-order valence-corrected chi connectivity index (χ2v) is 6.07. The Kier molecular flexibility index (Phi) is 4.90. The summed E-state index contributed by atoms with van der Waals surface area (Å²) in [5.74, 6) is 0. The molecule has 3 aromatic rings. The Labute approximate surface area is 136 Å². The van der Waals surface area contributed by atoms with Crippen LogP contribution in [0.25, 0.3) is 0 Å². The first-order chi connectivity index (χ1) is 11.3. The summed E-state index contributed by atoms with van der Waals surface area (Å²) in [5, 5.41) is 0. The molecule has 0 aliphatic heterocycles. The standard InChI is InChI=1S/C17H24N6/c1-3-16(22-8-5-19-13-22)11-17(23-9-6-20-14-23)10-15(2)21-7-4-18-12-21/h4-9,12-17H,3,10-11H2,1-2H3. The van der Waals surface area contributed by atoms with Crippen molar-refractivity contribution in [3.63, 3.8) is 0 Å². The van der Waals surface area contributed by atoms with Gasteiger partial charge in [0.1, 0.15) is 0 Å². The Morgan fingerprint density at radius 2 is 1.26 bits per heavy atom. The molecule has 0 spiro atoms. The third kappa shape index (κ3) is 3.70. The van der Waals surface area contributed by atoms with Gasteiger partial charge in [-0.15, -0.1) is 0 Å². The van der Waals surface area contributed by atoms with Crippen LogP contribution in [-0.4, -0.2) is 28.7 Å². The molecule has 3 rings (SSSR count). The van der Waals surface area contributed by atoms with Crippen LogP contribution in [0, 0.1) is 0 Å². The molecule has 0 aliphatic rings. The first-order valence-corrected chi connectivity index (χ1v) is 8.20. The largest absolute Gasteiger partial charge is 0.335 e. The third-order valence-corrected chi connectivity index (χ3v) is 4.56. The van der Waals surface area contributed by atoms with E-state index in [0.717, 1.165) is 19.3 Å². The fourth-order valence-corrected chi connectivity index (χ4v) is 3.17. The quantitative estimate of drug-likeness (QED) is 0.639. The normalized spacial score (nSPS) is 15.4. The first kappa shape index (κ1) is 15.5. The Bertz CT molecular complexity index is 656. The van der Waals surface area contributed by atoms with Gasteiger partial charge in [0.2, 0.25) is 0 Å². The second-order valence-electron chi connectivity index (χ2n) is 6.07. The highest BCUT2D eigenvalue weighted by Crippen LogP contribution is 2.30. The number of hydrogen-bond acceptors (Lipinski definition) is 3. The van der Waals surface area contributed by atoms with Crippen molar-refractivity contribution in [3.8, 4) is 0 Å². The van der Waals surface area contributed by atoms with Gasteiger partial charge in [0.05, 0.1) is 19.0 Å². The zero-order chi connectivity index (χ0) is 16.1. The van der Waals surface area contributed by atoms with Crippen LogP contribution in [0.15, 0.2) is 56.2 Å². The van der Waals surface area contributed by atoms with Crippen molar-refractivity contribution < 1.29 is 0 Å². The number of hydrogen-bond donors (Lipinski definition) is 0. The predicted octanol–water partition coefficient (Wildman–Crippen LogP) is 3.51. The van der Waals surface area contributed by atoms with Crippen LogP contribution >= 0.6 is 0 Å². The molecule has 0 radical (unpaired) electrons. The molecule has 122 valence electrons. The molecule has 0 aliphatic carbocycles. The summed E-state index contributed by atoms with van der Waals surface area (Å²) in [6.45, 7) is 4.47. The lowest BCUT2D eigenvalue weighted by Crippen LogP contribution is -2.18. The molecule has 0 amide bonds. The van der Waals surface area contributed by atoms with Gasteiger partial charge < -0.3 is 13.7 Å². The van der Waals surface area contributed by atoms with E-state index in [1.807, 2.05) is 43.8 Å². The van der Waals surface area contributed by atoms with Gasteiger partial charge in [-0.3, -0.25) is 0 Å². The van der Waals surface area contributed by atoms with Crippen molar-refractivity contribution in [1.82, 2.24) is 28.7 Å². The molecule has 3 unspecified atom stereocenters. The smallest absolute Gasteiger partial charge is 0.0948 e. The summed E-state index contributed by atoms with van der Waals surface area (Å²) in [7, 11) is 0. The molecule has 6 nitrogen and oxygen atoms in total. The molecule has 0 saturated carbocycles. The Hall–Kier alpha value is -2.37. The summed E-state index contributed by atoms with van der Waals surface area (Å²) >= 11 is 0. The monoisotopic (exact) mass is 312 g/mol. The molecule has 0 fully saturated rings. The highest BCUT2D eigenvalue weighted by atomic mass is 15.1. The molecule has 0 N–H and O–H groups in total. The molecular formula is C17H24N6. The topological polar surface area (TPSA) is 53.5 Å². The van der Waals surface area contributed by atoms with E-state index in [2.05, 4.69) is 54.9 Å². The van der Waals surface area contributed by atoms with Crippen molar-refractivity contribution in [2.24, 2.45) is 0 Å². The van der Waals surface area contributed by atoms with Gasteiger partial charge in [0.25, 0.3) is 0 Å². The maximum Gasteiger partial charge on any atom is 0.0948 e. The van der Waals surface area contributed by atoms with Crippen molar-refractivity contribution in [2.45, 2.75) is 51.2 Å². The minimum atomic E-state index is 0.391. The highest BCUT2D eigenvalue weighted by Gasteiger charge is 2.20. The molecule has 3 heterocycles. The Morgan fingerprint density at radius 3 is 1.74 bits per heavy atom. The Morgan fingerprint density at radius 1 is 0.739 bits per heavy atom. The fourth-order valence-electron chi connectivity index (χ4n) is 3.17. The van der Waals surface area contributed by atoms with Gasteiger partial charge in [0, 0.05) is 55.3 Å². The van der Waals surface area contributed by atoms with E-state index in [1.165, 1.54) is 0 Å². The van der Waals surface area contributed by atoms with E-state index in [9.17, 15) is 0 Å². The minimum absolute atomic E-state index is 0.391. The fraction of sp³-hybridized carbons (Fsp3) is 0.471. The molecule has 0 bridgehead atoms.